The minimum Gasteiger partial charge on any atom is -0.398 e. The van der Waals surface area contributed by atoms with E-state index in [1.54, 1.807) is 61.1 Å². The maximum atomic E-state index is 12.8. The van der Waals surface area contributed by atoms with Crippen LogP contribution in [-0.2, 0) is 0 Å². The third kappa shape index (κ3) is 4.14. The van der Waals surface area contributed by atoms with Crippen LogP contribution in [0.5, 0.6) is 0 Å². The lowest BCUT2D eigenvalue weighted by Gasteiger charge is -2.08. The van der Waals surface area contributed by atoms with Gasteiger partial charge < -0.3 is 16.0 Å². The Morgan fingerprint density at radius 2 is 1.76 bits per heavy atom. The van der Waals surface area contributed by atoms with Gasteiger partial charge in [0.05, 0.1) is 5.52 Å². The molecule has 0 bridgehead atoms. The largest absolute Gasteiger partial charge is 0.398 e. The molecule has 7 heteroatoms. The zero-order valence-electron chi connectivity index (χ0n) is 18.4. The SMILES string of the molecule is Cc1cc(N)c2cc(C(=O)Nc3ccc(-c4cc(C(=O)c5cccnc5)c[nH]4)cc3)ccc2n1. The van der Waals surface area contributed by atoms with Crippen molar-refractivity contribution >= 4 is 34.0 Å². The lowest BCUT2D eigenvalue weighted by atomic mass is 10.1. The molecule has 0 aliphatic carbocycles. The number of fused-ring (bicyclic) bond motifs is 1. The first kappa shape index (κ1) is 21.1. The highest BCUT2D eigenvalue weighted by Crippen LogP contribution is 2.24. The second-order valence-electron chi connectivity index (χ2n) is 7.99. The third-order valence-corrected chi connectivity index (χ3v) is 5.55. The fourth-order valence-electron chi connectivity index (χ4n) is 3.82. The van der Waals surface area contributed by atoms with Crippen LogP contribution in [0.4, 0.5) is 11.4 Å². The van der Waals surface area contributed by atoms with Gasteiger partial charge in [0.15, 0.2) is 5.78 Å². The summed E-state index contributed by atoms with van der Waals surface area (Å²) in [6, 6.07) is 19.7. The van der Waals surface area contributed by atoms with Crippen LogP contribution in [0.3, 0.4) is 0 Å². The molecule has 166 valence electrons. The van der Waals surface area contributed by atoms with Gasteiger partial charge in [-0.3, -0.25) is 19.6 Å². The van der Waals surface area contributed by atoms with Crippen LogP contribution < -0.4 is 11.1 Å². The first-order valence-corrected chi connectivity index (χ1v) is 10.7. The molecule has 0 saturated carbocycles. The van der Waals surface area contributed by atoms with Crippen molar-refractivity contribution in [2.45, 2.75) is 6.92 Å². The normalized spacial score (nSPS) is 10.9. The Morgan fingerprint density at radius 3 is 2.53 bits per heavy atom. The van der Waals surface area contributed by atoms with E-state index in [-0.39, 0.29) is 11.7 Å². The quantitative estimate of drug-likeness (QED) is 0.328. The van der Waals surface area contributed by atoms with Crippen molar-refractivity contribution in [3.8, 4) is 11.3 Å². The molecule has 0 aliphatic rings. The van der Waals surface area contributed by atoms with Gasteiger partial charge in [-0.15, -0.1) is 0 Å². The molecule has 0 fully saturated rings. The monoisotopic (exact) mass is 447 g/mol. The zero-order chi connectivity index (χ0) is 23.7. The van der Waals surface area contributed by atoms with Crippen LogP contribution in [0.25, 0.3) is 22.2 Å². The standard InChI is InChI=1S/C27H21N5O2/c1-16-11-23(28)22-12-18(6-9-24(22)31-16)27(34)32-21-7-4-17(5-8-21)25-13-20(15-30-25)26(33)19-3-2-10-29-14-19/h2-15,30H,1H3,(H2,28,31)(H,32,34). The van der Waals surface area contributed by atoms with Gasteiger partial charge in [-0.25, -0.2) is 0 Å². The van der Waals surface area contributed by atoms with E-state index in [1.165, 1.54) is 0 Å². The van der Waals surface area contributed by atoms with Crippen LogP contribution in [0.1, 0.15) is 32.0 Å². The fourth-order valence-corrected chi connectivity index (χ4v) is 3.82. The summed E-state index contributed by atoms with van der Waals surface area (Å²) in [5.74, 6) is -0.334. The van der Waals surface area contributed by atoms with Crippen molar-refractivity contribution in [1.29, 1.82) is 0 Å². The summed E-state index contributed by atoms with van der Waals surface area (Å²) in [7, 11) is 0. The molecule has 34 heavy (non-hydrogen) atoms. The van der Waals surface area contributed by atoms with Crippen LogP contribution >= 0.6 is 0 Å². The van der Waals surface area contributed by atoms with E-state index >= 15 is 0 Å². The molecule has 0 aliphatic heterocycles. The lowest BCUT2D eigenvalue weighted by Crippen LogP contribution is -2.12. The summed E-state index contributed by atoms with van der Waals surface area (Å²) in [4.78, 5) is 37.0. The highest BCUT2D eigenvalue weighted by Gasteiger charge is 2.13. The number of nitrogens with two attached hydrogens (primary N) is 1. The number of aromatic amines is 1. The lowest BCUT2D eigenvalue weighted by molar-refractivity contribution is 0.102. The number of anilines is 2. The van der Waals surface area contributed by atoms with Gasteiger partial charge in [-0.05, 0) is 67.1 Å². The van der Waals surface area contributed by atoms with Crippen LogP contribution in [0.2, 0.25) is 0 Å². The number of rotatable bonds is 5. The van der Waals surface area contributed by atoms with E-state index < -0.39 is 0 Å². The van der Waals surface area contributed by atoms with Gasteiger partial charge in [-0.1, -0.05) is 12.1 Å². The summed E-state index contributed by atoms with van der Waals surface area (Å²) in [6.45, 7) is 1.88. The van der Waals surface area contributed by atoms with E-state index in [2.05, 4.69) is 20.3 Å². The molecule has 2 aromatic carbocycles. The number of nitrogens with zero attached hydrogens (tertiary/aromatic N) is 2. The van der Waals surface area contributed by atoms with E-state index in [0.717, 1.165) is 27.9 Å². The number of nitrogens with one attached hydrogen (secondary N) is 2. The summed E-state index contributed by atoms with van der Waals surface area (Å²) >= 11 is 0. The van der Waals surface area contributed by atoms with Crippen molar-refractivity contribution < 1.29 is 9.59 Å². The average molecular weight is 447 g/mol. The molecular weight excluding hydrogens is 426 g/mol. The Morgan fingerprint density at radius 1 is 0.941 bits per heavy atom. The number of H-pyrrole nitrogens is 1. The third-order valence-electron chi connectivity index (χ3n) is 5.55. The molecule has 3 heterocycles. The number of hydrogen-bond acceptors (Lipinski definition) is 5. The molecule has 4 N–H and O–H groups in total. The van der Waals surface area contributed by atoms with Crippen molar-refractivity contribution in [3.05, 3.63) is 108 Å². The van der Waals surface area contributed by atoms with Gasteiger partial charge >= 0.3 is 0 Å². The number of nitrogen functional groups attached to an aromatic ring is 1. The predicted molar refractivity (Wildman–Crippen MR) is 133 cm³/mol. The second-order valence-corrected chi connectivity index (χ2v) is 7.99. The number of ketones is 1. The molecule has 5 aromatic rings. The van der Waals surface area contributed by atoms with Crippen LogP contribution in [0.15, 0.2) is 85.3 Å². The van der Waals surface area contributed by atoms with Gasteiger partial charge in [-0.2, -0.15) is 0 Å². The first-order chi connectivity index (χ1) is 16.5. The number of hydrogen-bond donors (Lipinski definition) is 3. The van der Waals surface area contributed by atoms with Crippen molar-refractivity contribution in [2.75, 3.05) is 11.1 Å². The van der Waals surface area contributed by atoms with E-state index in [0.29, 0.717) is 28.1 Å². The molecule has 0 atom stereocenters. The topological polar surface area (TPSA) is 114 Å². The summed E-state index contributed by atoms with van der Waals surface area (Å²) < 4.78 is 0. The fraction of sp³-hybridized carbons (Fsp3) is 0.0370. The second kappa shape index (κ2) is 8.63. The van der Waals surface area contributed by atoms with Crippen molar-refractivity contribution in [1.82, 2.24) is 15.0 Å². The minimum absolute atomic E-state index is 0.0964. The number of benzene rings is 2. The molecule has 5 rings (SSSR count). The maximum absolute atomic E-state index is 12.8. The molecule has 3 aromatic heterocycles. The molecule has 0 unspecified atom stereocenters. The van der Waals surface area contributed by atoms with Crippen LogP contribution in [0, 0.1) is 6.92 Å². The Balaban J connectivity index is 1.31. The van der Waals surface area contributed by atoms with Crippen molar-refractivity contribution in [3.63, 3.8) is 0 Å². The Hall–Kier alpha value is -4.78. The number of carbonyl (C=O) groups excluding carboxylic acids is 2. The van der Waals surface area contributed by atoms with Crippen LogP contribution in [-0.4, -0.2) is 26.6 Å². The smallest absolute Gasteiger partial charge is 0.255 e. The number of pyridine rings is 2. The summed E-state index contributed by atoms with van der Waals surface area (Å²) in [5.41, 5.74) is 12.2. The molecule has 0 saturated heterocycles. The molecular formula is C27H21N5O2. The predicted octanol–water partition coefficient (Wildman–Crippen LogP) is 5.00. The summed E-state index contributed by atoms with van der Waals surface area (Å²) in [6.07, 6.45) is 4.86. The van der Waals surface area contributed by atoms with Gasteiger partial charge in [0.2, 0.25) is 0 Å². The molecule has 0 spiro atoms. The molecule has 7 nitrogen and oxygen atoms in total. The zero-order valence-corrected chi connectivity index (χ0v) is 18.4. The van der Waals surface area contributed by atoms with Gasteiger partial charge in [0.1, 0.15) is 0 Å². The maximum Gasteiger partial charge on any atom is 0.255 e. The molecule has 1 amide bonds. The Bertz CT molecular complexity index is 1520. The molecule has 0 radical (unpaired) electrons. The van der Waals surface area contributed by atoms with Crippen molar-refractivity contribution in [2.24, 2.45) is 0 Å². The highest BCUT2D eigenvalue weighted by molar-refractivity contribution is 6.09. The minimum atomic E-state index is -0.237. The first-order valence-electron chi connectivity index (χ1n) is 10.7. The number of carbonyl (C=O) groups is 2. The van der Waals surface area contributed by atoms with E-state index in [1.807, 2.05) is 31.2 Å². The van der Waals surface area contributed by atoms with E-state index in [9.17, 15) is 9.59 Å². The van der Waals surface area contributed by atoms with E-state index in [4.69, 9.17) is 5.73 Å². The van der Waals surface area contributed by atoms with Gasteiger partial charge in [0, 0.05) is 63.4 Å². The number of amides is 1. The Kier molecular flexibility index (Phi) is 5.35. The average Bonchev–Trinajstić information content (AvgIpc) is 3.34. The number of aromatic nitrogens is 3. The van der Waals surface area contributed by atoms with Gasteiger partial charge in [0.25, 0.3) is 5.91 Å². The summed E-state index contributed by atoms with van der Waals surface area (Å²) in [5, 5.41) is 3.65. The number of aryl methyl sites for hydroxylation is 1. The highest BCUT2D eigenvalue weighted by atomic mass is 16.1. The Labute approximate surface area is 195 Å².